The van der Waals surface area contributed by atoms with Crippen molar-refractivity contribution in [2.75, 3.05) is 13.2 Å². The molecule has 0 aromatic rings. The van der Waals surface area contributed by atoms with Gasteiger partial charge in [-0.05, 0) is 79.6 Å². The van der Waals surface area contributed by atoms with E-state index in [1.165, 1.54) is 5.57 Å². The van der Waals surface area contributed by atoms with Crippen LogP contribution in [0.2, 0.25) is 18.1 Å². The van der Waals surface area contributed by atoms with Crippen molar-refractivity contribution in [2.45, 2.75) is 174 Å². The molecule has 0 unspecified atom stereocenters. The minimum Gasteiger partial charge on any atom is -0.462 e. The molecule has 5 aliphatic rings. The smallest absolute Gasteiger partial charge is 0.316 e. The number of carbonyl (C=O) groups excluding carboxylic acids is 2. The summed E-state index contributed by atoms with van der Waals surface area (Å²) in [6.07, 6.45) is 13.1. The van der Waals surface area contributed by atoms with Crippen molar-refractivity contribution >= 4 is 20.3 Å². The van der Waals surface area contributed by atoms with Gasteiger partial charge in [-0.2, -0.15) is 0 Å². The molecule has 3 saturated heterocycles. The van der Waals surface area contributed by atoms with Crippen LogP contribution in [-0.2, 0) is 37.7 Å². The van der Waals surface area contributed by atoms with E-state index in [0.717, 1.165) is 25.7 Å². The van der Waals surface area contributed by atoms with Crippen LogP contribution in [0.1, 0.15) is 114 Å². The molecule has 1 aliphatic carbocycles. The number of allylic oxidation sites excluding steroid dienone is 4. The summed E-state index contributed by atoms with van der Waals surface area (Å²) in [4.78, 5) is 27.6. The maximum atomic E-state index is 14.7. The monoisotopic (exact) mass is 756 g/mol. The van der Waals surface area contributed by atoms with Gasteiger partial charge in [0.15, 0.2) is 14.1 Å². The van der Waals surface area contributed by atoms with Crippen LogP contribution >= 0.6 is 0 Å². The highest BCUT2D eigenvalue weighted by molar-refractivity contribution is 6.74. The van der Waals surface area contributed by atoms with Crippen LogP contribution in [0.5, 0.6) is 0 Å². The molecule has 53 heavy (non-hydrogen) atoms. The Bertz CT molecular complexity index is 1460. The van der Waals surface area contributed by atoms with E-state index < -0.39 is 49.9 Å². The SMILES string of the molecule is CC[C@H]1O[C@]2(CC[C@@H]1C)C[C@@H]1C[C@@H](C/C=C(\C)C[C@@H](C)/C=C/C=C3\CO[C@@H]4[C@H](O[Si](C)(C)C(C)(C)C)C(COC(=O)CC(C)C)=C[C@@H](C(=O)O1)[C@]34O)O2. The van der Waals surface area contributed by atoms with E-state index in [1.807, 2.05) is 26.0 Å². The summed E-state index contributed by atoms with van der Waals surface area (Å²) in [6.45, 7) is 23.5. The second-order valence-electron chi connectivity index (χ2n) is 18.6. The van der Waals surface area contributed by atoms with Gasteiger partial charge in [0.05, 0.1) is 24.9 Å². The molecule has 0 aromatic carbocycles. The number of carbonyl (C=O) groups is 2. The first-order chi connectivity index (χ1) is 24.8. The van der Waals surface area contributed by atoms with E-state index in [4.69, 9.17) is 28.1 Å². The highest BCUT2D eigenvalue weighted by Crippen LogP contribution is 2.50. The van der Waals surface area contributed by atoms with Gasteiger partial charge in [0.1, 0.15) is 30.3 Å². The van der Waals surface area contributed by atoms with E-state index >= 15 is 0 Å². The van der Waals surface area contributed by atoms with Gasteiger partial charge in [0.25, 0.3) is 0 Å². The highest BCUT2D eigenvalue weighted by Gasteiger charge is 2.62. The van der Waals surface area contributed by atoms with Gasteiger partial charge in [-0.25, -0.2) is 0 Å². The average Bonchev–Trinajstić information content (AvgIpc) is 3.39. The van der Waals surface area contributed by atoms with Crippen molar-refractivity contribution < 1.29 is 42.8 Å². The lowest BCUT2D eigenvalue weighted by Crippen LogP contribution is -2.61. The highest BCUT2D eigenvalue weighted by atomic mass is 28.4. The number of ether oxygens (including phenoxy) is 5. The molecule has 4 heterocycles. The second kappa shape index (κ2) is 16.6. The molecule has 0 saturated carbocycles. The normalized spacial score (nSPS) is 39.6. The first kappa shape index (κ1) is 42.1. The van der Waals surface area contributed by atoms with Crippen LogP contribution in [0.4, 0.5) is 0 Å². The van der Waals surface area contributed by atoms with Gasteiger partial charge in [0, 0.05) is 25.7 Å². The molecule has 1 N–H and O–H groups in total. The van der Waals surface area contributed by atoms with Crippen molar-refractivity contribution in [3.05, 3.63) is 47.1 Å². The number of hydrogen-bond donors (Lipinski definition) is 1. The van der Waals surface area contributed by atoms with E-state index in [0.29, 0.717) is 36.3 Å². The summed E-state index contributed by atoms with van der Waals surface area (Å²) in [5.74, 6) is -2.03. The Morgan fingerprint density at radius 2 is 1.89 bits per heavy atom. The van der Waals surface area contributed by atoms with E-state index in [-0.39, 0.29) is 54.7 Å². The van der Waals surface area contributed by atoms with Gasteiger partial charge in [-0.15, -0.1) is 0 Å². The van der Waals surface area contributed by atoms with Crippen molar-refractivity contribution in [2.24, 2.45) is 23.7 Å². The maximum Gasteiger partial charge on any atom is 0.316 e. The minimum absolute atomic E-state index is 0.0616. The van der Waals surface area contributed by atoms with E-state index in [1.54, 1.807) is 6.08 Å². The Kier molecular flexibility index (Phi) is 13.1. The lowest BCUT2D eigenvalue weighted by Gasteiger charge is -2.50. The lowest BCUT2D eigenvalue weighted by molar-refractivity contribution is -0.335. The third-order valence-corrected chi connectivity index (χ3v) is 17.0. The largest absolute Gasteiger partial charge is 0.462 e. The van der Waals surface area contributed by atoms with Crippen LogP contribution in [0, 0.1) is 23.7 Å². The zero-order valence-corrected chi connectivity index (χ0v) is 35.4. The van der Waals surface area contributed by atoms with Crippen LogP contribution < -0.4 is 0 Å². The van der Waals surface area contributed by atoms with Crippen molar-refractivity contribution in [1.82, 2.24) is 0 Å². The molecule has 1 spiro atoms. The fourth-order valence-electron chi connectivity index (χ4n) is 8.43. The van der Waals surface area contributed by atoms with Crippen molar-refractivity contribution in [3.63, 3.8) is 0 Å². The number of aliphatic hydroxyl groups is 1. The molecule has 3 fully saturated rings. The number of esters is 2. The molecule has 0 radical (unpaired) electrons. The quantitative estimate of drug-likeness (QED) is 0.155. The molecule has 10 heteroatoms. The van der Waals surface area contributed by atoms with Gasteiger partial charge >= 0.3 is 11.9 Å². The molecule has 0 amide bonds. The van der Waals surface area contributed by atoms with Gasteiger partial charge in [-0.3, -0.25) is 9.59 Å². The zero-order chi connectivity index (χ0) is 38.9. The molecule has 0 aromatic heterocycles. The number of fused-ring (bicyclic) bond motifs is 2. The minimum atomic E-state index is -2.46. The summed E-state index contributed by atoms with van der Waals surface area (Å²) < 4.78 is 39.5. The second-order valence-corrected chi connectivity index (χ2v) is 23.4. The molecule has 10 atom stereocenters. The molecule has 5 rings (SSSR count). The van der Waals surface area contributed by atoms with Gasteiger partial charge < -0.3 is 33.2 Å². The third-order valence-electron chi connectivity index (χ3n) is 12.5. The molecule has 4 aliphatic heterocycles. The fraction of sp³-hybridized carbons (Fsp3) is 0.767. The first-order valence-electron chi connectivity index (χ1n) is 20.2. The van der Waals surface area contributed by atoms with Gasteiger partial charge in [-0.1, -0.05) is 91.3 Å². The third kappa shape index (κ3) is 9.49. The van der Waals surface area contributed by atoms with E-state index in [2.05, 4.69) is 73.7 Å². The van der Waals surface area contributed by atoms with Crippen LogP contribution in [0.25, 0.3) is 0 Å². The number of rotatable bonds is 7. The Labute approximate surface area is 320 Å². The Morgan fingerprint density at radius 3 is 2.57 bits per heavy atom. The molecular weight excluding hydrogens is 689 g/mol. The topological polar surface area (TPSA) is 110 Å². The van der Waals surface area contributed by atoms with Crippen molar-refractivity contribution in [3.8, 4) is 0 Å². The Morgan fingerprint density at radius 1 is 1.15 bits per heavy atom. The summed E-state index contributed by atoms with van der Waals surface area (Å²) in [6, 6.07) is 0. The molecule has 2 bridgehead atoms. The predicted octanol–water partition coefficient (Wildman–Crippen LogP) is 8.52. The van der Waals surface area contributed by atoms with Crippen LogP contribution in [0.3, 0.4) is 0 Å². The summed E-state index contributed by atoms with van der Waals surface area (Å²) >= 11 is 0. The Hall–Kier alpha value is -2.08. The first-order valence-corrected chi connectivity index (χ1v) is 23.1. The summed E-state index contributed by atoms with van der Waals surface area (Å²) in [5, 5.41) is 12.9. The van der Waals surface area contributed by atoms with Crippen LogP contribution in [0.15, 0.2) is 47.1 Å². The molecule has 9 nitrogen and oxygen atoms in total. The van der Waals surface area contributed by atoms with Crippen molar-refractivity contribution in [1.29, 1.82) is 0 Å². The predicted molar refractivity (Wildman–Crippen MR) is 208 cm³/mol. The summed E-state index contributed by atoms with van der Waals surface area (Å²) in [7, 11) is -2.46. The average molecular weight is 757 g/mol. The van der Waals surface area contributed by atoms with E-state index in [9.17, 15) is 14.7 Å². The maximum absolute atomic E-state index is 14.7. The summed E-state index contributed by atoms with van der Waals surface area (Å²) in [5.41, 5.74) is 0.735. The zero-order valence-electron chi connectivity index (χ0n) is 34.4. The van der Waals surface area contributed by atoms with Gasteiger partial charge in [0.2, 0.25) is 0 Å². The molecular formula is C43H68O9Si. The standard InChI is InChI=1S/C43H68O9Si/c1-12-36-30(6)18-19-42(51-36)24-34-23-33(50-42)17-16-29(5)21-28(4)14-13-15-32-26-48-39-38(52-53(10,11)41(7,8)9)31(25-47-37(44)20-27(2)3)22-35(40(45)49-34)43(32,39)46/h13-16,22,27-28,30,33-36,38-39,46H,12,17-21,23-26H2,1-11H3/b14-13+,29-16+,32-15+/t28-,30-,33+,34-,35-,36+,38+,39+,42+,43+/m0/s1. The molecule has 298 valence electrons. The lowest BCUT2D eigenvalue weighted by atomic mass is 9.70. The fourth-order valence-corrected chi connectivity index (χ4v) is 9.70. The van der Waals surface area contributed by atoms with Crippen LogP contribution in [-0.4, -0.2) is 80.5 Å². The Balaban J connectivity index is 1.59. The number of hydrogen-bond acceptors (Lipinski definition) is 9.